The summed E-state index contributed by atoms with van der Waals surface area (Å²) in [5.41, 5.74) is 2.24. The predicted octanol–water partition coefficient (Wildman–Crippen LogP) is 3.67. The normalized spacial score (nSPS) is 17.4. The summed E-state index contributed by atoms with van der Waals surface area (Å²) in [5.74, 6) is -3.78. The number of nitrogens with one attached hydrogen (secondary N) is 1. The van der Waals surface area contributed by atoms with E-state index in [-0.39, 0.29) is 18.8 Å². The zero-order valence-corrected chi connectivity index (χ0v) is 24.6. The molecule has 0 radical (unpaired) electrons. The summed E-state index contributed by atoms with van der Waals surface area (Å²) in [7, 11) is 1.45. The number of thioether (sulfide) groups is 1. The van der Waals surface area contributed by atoms with Crippen molar-refractivity contribution in [2.75, 3.05) is 12.8 Å². The highest BCUT2D eigenvalue weighted by Gasteiger charge is 2.45. The third-order valence-corrected chi connectivity index (χ3v) is 8.52. The SMILES string of the molecule is C[C@@H](C(=O)N1C(c2ccccc2)SC[C@H]1C(=O)N[C@@H](Cc1ccccc1)C(=O)C(=O)O)N(C)C(=O)OCc1ccccc1. The van der Waals surface area contributed by atoms with Crippen molar-refractivity contribution in [3.63, 3.8) is 0 Å². The van der Waals surface area contributed by atoms with Gasteiger partial charge in [-0.1, -0.05) is 91.0 Å². The van der Waals surface area contributed by atoms with Crippen molar-refractivity contribution >= 4 is 41.4 Å². The first-order valence-electron chi connectivity index (χ1n) is 13.7. The average molecular weight is 604 g/mol. The average Bonchev–Trinajstić information content (AvgIpc) is 3.48. The molecule has 1 unspecified atom stereocenters. The molecule has 4 rings (SSSR count). The third kappa shape index (κ3) is 7.81. The molecular weight excluding hydrogens is 570 g/mol. The number of amides is 3. The van der Waals surface area contributed by atoms with Crippen LogP contribution >= 0.6 is 11.8 Å². The molecule has 1 saturated heterocycles. The number of benzene rings is 3. The van der Waals surface area contributed by atoms with Crippen LogP contribution in [-0.2, 0) is 36.9 Å². The molecule has 1 fully saturated rings. The Morgan fingerprint density at radius 2 is 1.49 bits per heavy atom. The van der Waals surface area contributed by atoms with Crippen LogP contribution in [0.4, 0.5) is 4.79 Å². The molecule has 10 nitrogen and oxygen atoms in total. The van der Waals surface area contributed by atoms with Gasteiger partial charge in [0.1, 0.15) is 30.1 Å². The number of rotatable bonds is 11. The number of hydrogen-bond donors (Lipinski definition) is 2. The number of carboxylic acids is 1. The summed E-state index contributed by atoms with van der Waals surface area (Å²) in [4.78, 5) is 67.3. The Morgan fingerprint density at radius 3 is 2.07 bits per heavy atom. The van der Waals surface area contributed by atoms with Crippen molar-refractivity contribution in [1.29, 1.82) is 0 Å². The minimum atomic E-state index is -1.67. The first-order chi connectivity index (χ1) is 20.7. The molecule has 0 bridgehead atoms. The fraction of sp³-hybridized carbons (Fsp3) is 0.281. The van der Waals surface area contributed by atoms with Gasteiger partial charge < -0.3 is 20.1 Å². The number of aliphatic carboxylic acids is 1. The van der Waals surface area contributed by atoms with Crippen LogP contribution < -0.4 is 5.32 Å². The maximum atomic E-state index is 14.0. The van der Waals surface area contributed by atoms with Crippen LogP contribution in [-0.4, -0.2) is 75.5 Å². The van der Waals surface area contributed by atoms with Crippen LogP contribution in [0.15, 0.2) is 91.0 Å². The molecule has 0 aliphatic carbocycles. The van der Waals surface area contributed by atoms with E-state index in [0.29, 0.717) is 5.56 Å². The Bertz CT molecular complexity index is 1440. The van der Waals surface area contributed by atoms with Gasteiger partial charge in [-0.2, -0.15) is 0 Å². The van der Waals surface area contributed by atoms with E-state index in [1.165, 1.54) is 28.6 Å². The van der Waals surface area contributed by atoms with Gasteiger partial charge in [-0.25, -0.2) is 9.59 Å². The van der Waals surface area contributed by atoms with Crippen LogP contribution in [0.5, 0.6) is 0 Å². The molecule has 3 aromatic carbocycles. The quantitative estimate of drug-likeness (QED) is 0.317. The lowest BCUT2D eigenvalue weighted by Crippen LogP contribution is -2.56. The van der Waals surface area contributed by atoms with Crippen molar-refractivity contribution in [2.45, 2.75) is 43.5 Å². The van der Waals surface area contributed by atoms with Gasteiger partial charge in [0.25, 0.3) is 5.78 Å². The Morgan fingerprint density at radius 1 is 0.930 bits per heavy atom. The molecule has 1 aliphatic heterocycles. The molecule has 1 heterocycles. The highest BCUT2D eigenvalue weighted by molar-refractivity contribution is 7.99. The van der Waals surface area contributed by atoms with E-state index < -0.39 is 53.2 Å². The lowest BCUT2D eigenvalue weighted by Gasteiger charge is -2.34. The second-order valence-electron chi connectivity index (χ2n) is 10.1. The van der Waals surface area contributed by atoms with E-state index in [4.69, 9.17) is 4.74 Å². The summed E-state index contributed by atoms with van der Waals surface area (Å²) in [6.45, 7) is 1.58. The number of hydrogen-bond acceptors (Lipinski definition) is 7. The Balaban J connectivity index is 1.55. The number of Topliss-reactive ketones (excluding diaryl/α,β-unsaturated/α-hetero) is 1. The molecule has 3 amide bonds. The lowest BCUT2D eigenvalue weighted by atomic mass is 10.0. The van der Waals surface area contributed by atoms with Crippen LogP contribution in [0.3, 0.4) is 0 Å². The molecule has 3 aromatic rings. The van der Waals surface area contributed by atoms with Crippen molar-refractivity contribution in [1.82, 2.24) is 15.1 Å². The van der Waals surface area contributed by atoms with Gasteiger partial charge in [0, 0.05) is 19.2 Å². The zero-order chi connectivity index (χ0) is 30.9. The lowest BCUT2D eigenvalue weighted by molar-refractivity contribution is -0.151. The van der Waals surface area contributed by atoms with E-state index in [9.17, 15) is 29.1 Å². The van der Waals surface area contributed by atoms with Gasteiger partial charge in [-0.3, -0.25) is 19.3 Å². The first kappa shape index (κ1) is 31.3. The molecule has 0 spiro atoms. The minimum Gasteiger partial charge on any atom is -0.475 e. The maximum absolute atomic E-state index is 14.0. The monoisotopic (exact) mass is 603 g/mol. The number of carboxylic acid groups (broad SMARTS) is 1. The van der Waals surface area contributed by atoms with Crippen molar-refractivity contribution in [3.05, 3.63) is 108 Å². The van der Waals surface area contributed by atoms with Crippen molar-refractivity contribution in [3.8, 4) is 0 Å². The Kier molecular flexibility index (Phi) is 10.6. The molecule has 0 aromatic heterocycles. The molecule has 4 atom stereocenters. The van der Waals surface area contributed by atoms with Gasteiger partial charge in [0.05, 0.1) is 0 Å². The molecule has 224 valence electrons. The number of carbonyl (C=O) groups excluding carboxylic acids is 4. The number of nitrogens with zero attached hydrogens (tertiary/aromatic N) is 2. The minimum absolute atomic E-state index is 0.0277. The molecule has 2 N–H and O–H groups in total. The largest absolute Gasteiger partial charge is 0.475 e. The number of ether oxygens (including phenoxy) is 1. The van der Waals surface area contributed by atoms with E-state index in [2.05, 4.69) is 5.32 Å². The fourth-order valence-corrected chi connectivity index (χ4v) is 6.13. The van der Waals surface area contributed by atoms with Gasteiger partial charge in [0.2, 0.25) is 11.8 Å². The second-order valence-corrected chi connectivity index (χ2v) is 11.2. The predicted molar refractivity (Wildman–Crippen MR) is 161 cm³/mol. The number of carbonyl (C=O) groups is 5. The molecule has 43 heavy (non-hydrogen) atoms. The molecule has 11 heteroatoms. The van der Waals surface area contributed by atoms with Gasteiger partial charge in [-0.05, 0) is 23.6 Å². The topological polar surface area (TPSA) is 133 Å². The fourth-order valence-electron chi connectivity index (χ4n) is 4.69. The summed E-state index contributed by atoms with van der Waals surface area (Å²) >= 11 is 1.37. The molecule has 0 saturated carbocycles. The molecule has 1 aliphatic rings. The summed E-state index contributed by atoms with van der Waals surface area (Å²) < 4.78 is 5.41. The first-order valence-corrected chi connectivity index (χ1v) is 14.8. The summed E-state index contributed by atoms with van der Waals surface area (Å²) in [6, 6.07) is 23.7. The van der Waals surface area contributed by atoms with E-state index in [1.54, 1.807) is 37.3 Å². The van der Waals surface area contributed by atoms with Crippen LogP contribution in [0, 0.1) is 0 Å². The van der Waals surface area contributed by atoms with E-state index in [1.807, 2.05) is 60.7 Å². The second kappa shape index (κ2) is 14.5. The van der Waals surface area contributed by atoms with Crippen LogP contribution in [0.1, 0.15) is 29.0 Å². The van der Waals surface area contributed by atoms with Crippen molar-refractivity contribution in [2.24, 2.45) is 0 Å². The van der Waals surface area contributed by atoms with Crippen LogP contribution in [0.2, 0.25) is 0 Å². The highest BCUT2D eigenvalue weighted by atomic mass is 32.2. The third-order valence-electron chi connectivity index (χ3n) is 7.20. The highest BCUT2D eigenvalue weighted by Crippen LogP contribution is 2.42. The summed E-state index contributed by atoms with van der Waals surface area (Å²) in [5, 5.41) is 11.5. The standard InChI is InChI=1S/C32H33N3O7S/c1-21(34(2)32(41)42-19-23-14-8-4-9-15-23)29(38)35-26(20-43-30(35)24-16-10-5-11-17-24)28(37)33-25(27(36)31(39)40)18-22-12-6-3-7-13-22/h3-17,21,25-26,30H,18-20H2,1-2H3,(H,33,37)(H,39,40)/t21-,25-,26-,30?/m0/s1. The number of likely N-dealkylation sites (N-methyl/N-ethyl adjacent to an activating group) is 1. The van der Waals surface area contributed by atoms with Gasteiger partial charge in [0.15, 0.2) is 0 Å². The van der Waals surface area contributed by atoms with E-state index >= 15 is 0 Å². The van der Waals surface area contributed by atoms with Crippen LogP contribution in [0.25, 0.3) is 0 Å². The number of ketones is 1. The van der Waals surface area contributed by atoms with Gasteiger partial charge in [-0.15, -0.1) is 11.8 Å². The Hall–Kier alpha value is -4.64. The summed E-state index contributed by atoms with van der Waals surface area (Å²) in [6.07, 6.45) is -0.733. The smallest absolute Gasteiger partial charge is 0.410 e. The molecular formula is C32H33N3O7S. The van der Waals surface area contributed by atoms with Gasteiger partial charge >= 0.3 is 12.1 Å². The Labute approximate surface area is 254 Å². The zero-order valence-electron chi connectivity index (χ0n) is 23.8. The maximum Gasteiger partial charge on any atom is 0.410 e. The van der Waals surface area contributed by atoms with Crippen molar-refractivity contribution < 1.29 is 33.8 Å². The van der Waals surface area contributed by atoms with E-state index in [0.717, 1.165) is 11.1 Å².